The third kappa shape index (κ3) is 13.2. The SMILES string of the molecule is CC(C)(C)C(CCCCCCCCCCC(=O)NOCc1ccccc1)OC(N)=O. The second-order valence-electron chi connectivity index (χ2n) is 8.96. The van der Waals surface area contributed by atoms with Gasteiger partial charge in [0.15, 0.2) is 0 Å². The summed E-state index contributed by atoms with van der Waals surface area (Å²) in [5.41, 5.74) is 8.63. The van der Waals surface area contributed by atoms with Crippen LogP contribution < -0.4 is 11.2 Å². The van der Waals surface area contributed by atoms with Crippen molar-refractivity contribution < 1.29 is 19.2 Å². The molecule has 6 heteroatoms. The number of amides is 2. The van der Waals surface area contributed by atoms with Gasteiger partial charge in [0, 0.05) is 6.42 Å². The van der Waals surface area contributed by atoms with E-state index in [-0.39, 0.29) is 17.4 Å². The Morgan fingerprint density at radius 2 is 1.50 bits per heavy atom. The van der Waals surface area contributed by atoms with Gasteiger partial charge >= 0.3 is 6.09 Å². The van der Waals surface area contributed by atoms with E-state index in [1.54, 1.807) is 0 Å². The number of nitrogens with two attached hydrogens (primary N) is 1. The van der Waals surface area contributed by atoms with E-state index in [1.807, 2.05) is 30.3 Å². The maximum atomic E-state index is 11.8. The molecule has 0 radical (unpaired) electrons. The van der Waals surface area contributed by atoms with Gasteiger partial charge in [0.25, 0.3) is 0 Å². The Morgan fingerprint density at radius 3 is 2.07 bits per heavy atom. The second-order valence-corrected chi connectivity index (χ2v) is 8.96. The molecule has 1 unspecified atom stereocenters. The lowest BCUT2D eigenvalue weighted by atomic mass is 9.86. The van der Waals surface area contributed by atoms with Crippen molar-refractivity contribution in [3.05, 3.63) is 35.9 Å². The predicted octanol–water partition coefficient (Wildman–Crippen LogP) is 5.65. The number of ether oxygens (including phenoxy) is 1. The zero-order valence-corrected chi connectivity index (χ0v) is 19.0. The van der Waals surface area contributed by atoms with Crippen LogP contribution in [0.3, 0.4) is 0 Å². The lowest BCUT2D eigenvalue weighted by Gasteiger charge is -2.29. The molecular weight excluding hydrogens is 380 g/mol. The Hall–Kier alpha value is -2.08. The van der Waals surface area contributed by atoms with E-state index in [0.717, 1.165) is 44.1 Å². The van der Waals surface area contributed by atoms with Gasteiger partial charge in [0.2, 0.25) is 5.91 Å². The number of hydroxylamine groups is 1. The fraction of sp³-hybridized carbons (Fsp3) is 0.667. The third-order valence-corrected chi connectivity index (χ3v) is 5.11. The summed E-state index contributed by atoms with van der Waals surface area (Å²) in [6.45, 7) is 6.58. The molecule has 1 aromatic rings. The molecule has 3 N–H and O–H groups in total. The number of hydrogen-bond donors (Lipinski definition) is 2. The van der Waals surface area contributed by atoms with Gasteiger partial charge < -0.3 is 10.5 Å². The van der Waals surface area contributed by atoms with Crippen molar-refractivity contribution in [2.75, 3.05) is 0 Å². The molecule has 170 valence electrons. The molecule has 0 aliphatic rings. The van der Waals surface area contributed by atoms with Crippen molar-refractivity contribution in [2.45, 2.75) is 97.7 Å². The maximum Gasteiger partial charge on any atom is 0.404 e. The molecule has 0 saturated carbocycles. The van der Waals surface area contributed by atoms with Gasteiger partial charge in [-0.3, -0.25) is 9.63 Å². The Labute approximate surface area is 181 Å². The van der Waals surface area contributed by atoms with Crippen molar-refractivity contribution in [2.24, 2.45) is 11.1 Å². The molecule has 1 rings (SSSR count). The van der Waals surface area contributed by atoms with Gasteiger partial charge in [-0.15, -0.1) is 0 Å². The highest BCUT2D eigenvalue weighted by Crippen LogP contribution is 2.27. The number of nitrogens with one attached hydrogen (secondary N) is 1. The molecule has 1 atom stereocenters. The smallest absolute Gasteiger partial charge is 0.404 e. The van der Waals surface area contributed by atoms with Crippen LogP contribution in [0.2, 0.25) is 0 Å². The van der Waals surface area contributed by atoms with Gasteiger partial charge in [-0.25, -0.2) is 10.3 Å². The molecule has 0 bridgehead atoms. The van der Waals surface area contributed by atoms with E-state index in [1.165, 1.54) is 19.3 Å². The predicted molar refractivity (Wildman–Crippen MR) is 119 cm³/mol. The molecule has 6 nitrogen and oxygen atoms in total. The first kappa shape index (κ1) is 26.0. The second kappa shape index (κ2) is 14.8. The largest absolute Gasteiger partial charge is 0.446 e. The normalized spacial score (nSPS) is 12.4. The van der Waals surface area contributed by atoms with Gasteiger partial charge in [-0.2, -0.15) is 0 Å². The summed E-state index contributed by atoms with van der Waals surface area (Å²) in [6, 6.07) is 9.77. The van der Waals surface area contributed by atoms with Crippen molar-refractivity contribution >= 4 is 12.0 Å². The van der Waals surface area contributed by atoms with Crippen LogP contribution in [0.15, 0.2) is 30.3 Å². The molecule has 0 heterocycles. The zero-order valence-electron chi connectivity index (χ0n) is 19.0. The topological polar surface area (TPSA) is 90.7 Å². The molecule has 1 aromatic carbocycles. The van der Waals surface area contributed by atoms with Crippen LogP contribution in [-0.4, -0.2) is 18.1 Å². The number of benzene rings is 1. The van der Waals surface area contributed by atoms with Crippen LogP contribution in [0.1, 0.15) is 90.5 Å². The highest BCUT2D eigenvalue weighted by molar-refractivity contribution is 5.74. The standard InChI is InChI=1S/C24H40N2O4/c1-24(2,3)21(30-23(25)28)17-13-8-6-4-5-7-9-14-18-22(27)26-29-19-20-15-11-10-12-16-20/h10-12,15-16,21H,4-9,13-14,17-19H2,1-3H3,(H2,25,28)(H,26,27). The third-order valence-electron chi connectivity index (χ3n) is 5.11. The van der Waals surface area contributed by atoms with E-state index >= 15 is 0 Å². The van der Waals surface area contributed by atoms with Crippen LogP contribution >= 0.6 is 0 Å². The molecule has 0 spiro atoms. The van der Waals surface area contributed by atoms with Crippen LogP contribution in [0.4, 0.5) is 4.79 Å². The summed E-state index contributed by atoms with van der Waals surface area (Å²) in [6.07, 6.45) is 9.38. The summed E-state index contributed by atoms with van der Waals surface area (Å²) >= 11 is 0. The number of unbranched alkanes of at least 4 members (excludes halogenated alkanes) is 7. The summed E-state index contributed by atoms with van der Waals surface area (Å²) in [4.78, 5) is 28.0. The first-order chi connectivity index (χ1) is 14.3. The van der Waals surface area contributed by atoms with Crippen molar-refractivity contribution in [1.29, 1.82) is 0 Å². The molecule has 0 aliphatic carbocycles. The summed E-state index contributed by atoms with van der Waals surface area (Å²) in [7, 11) is 0. The van der Waals surface area contributed by atoms with Crippen molar-refractivity contribution in [3.63, 3.8) is 0 Å². The lowest BCUT2D eigenvalue weighted by molar-refractivity contribution is -0.134. The molecule has 0 aliphatic heterocycles. The fourth-order valence-electron chi connectivity index (χ4n) is 3.31. The van der Waals surface area contributed by atoms with Crippen molar-refractivity contribution in [3.8, 4) is 0 Å². The molecule has 0 aromatic heterocycles. The molecule has 2 amide bonds. The average molecular weight is 421 g/mol. The Bertz CT molecular complexity index is 599. The van der Waals surface area contributed by atoms with E-state index in [9.17, 15) is 9.59 Å². The molecule has 0 fully saturated rings. The minimum Gasteiger partial charge on any atom is -0.446 e. The highest BCUT2D eigenvalue weighted by atomic mass is 16.6. The number of carbonyl (C=O) groups is 2. The van der Waals surface area contributed by atoms with Crippen molar-refractivity contribution in [1.82, 2.24) is 5.48 Å². The fourth-order valence-corrected chi connectivity index (χ4v) is 3.31. The molecule has 30 heavy (non-hydrogen) atoms. The number of hydrogen-bond acceptors (Lipinski definition) is 4. The first-order valence-corrected chi connectivity index (χ1v) is 11.2. The average Bonchev–Trinajstić information content (AvgIpc) is 2.68. The Balaban J connectivity index is 1.94. The zero-order chi connectivity index (χ0) is 22.2. The van der Waals surface area contributed by atoms with Gasteiger partial charge in [-0.05, 0) is 30.2 Å². The van der Waals surface area contributed by atoms with Crippen LogP contribution in [-0.2, 0) is 21.0 Å². The van der Waals surface area contributed by atoms with Crippen LogP contribution in [0, 0.1) is 5.41 Å². The first-order valence-electron chi connectivity index (χ1n) is 11.2. The van der Waals surface area contributed by atoms with Gasteiger partial charge in [0.1, 0.15) is 6.10 Å². The number of rotatable bonds is 15. The lowest BCUT2D eigenvalue weighted by Crippen LogP contribution is -2.33. The van der Waals surface area contributed by atoms with Gasteiger partial charge in [-0.1, -0.05) is 89.6 Å². The molecular formula is C24H40N2O4. The number of primary amides is 1. The van der Waals surface area contributed by atoms with E-state index < -0.39 is 6.09 Å². The van der Waals surface area contributed by atoms with Crippen LogP contribution in [0.5, 0.6) is 0 Å². The quantitative estimate of drug-likeness (QED) is 0.283. The monoisotopic (exact) mass is 420 g/mol. The van der Waals surface area contributed by atoms with E-state index in [2.05, 4.69) is 26.3 Å². The Morgan fingerprint density at radius 1 is 0.933 bits per heavy atom. The summed E-state index contributed by atoms with van der Waals surface area (Å²) in [5, 5.41) is 0. The Kier molecular flexibility index (Phi) is 12.8. The van der Waals surface area contributed by atoms with E-state index in [0.29, 0.717) is 13.0 Å². The highest BCUT2D eigenvalue weighted by Gasteiger charge is 2.27. The minimum atomic E-state index is -0.689. The molecule has 0 saturated heterocycles. The summed E-state index contributed by atoms with van der Waals surface area (Å²) < 4.78 is 5.25. The minimum absolute atomic E-state index is 0.0579. The van der Waals surface area contributed by atoms with E-state index in [4.69, 9.17) is 15.3 Å². The number of carbonyl (C=O) groups excluding carboxylic acids is 2. The van der Waals surface area contributed by atoms with Crippen LogP contribution in [0.25, 0.3) is 0 Å². The maximum absolute atomic E-state index is 11.8. The van der Waals surface area contributed by atoms with Gasteiger partial charge in [0.05, 0.1) is 6.61 Å². The summed E-state index contributed by atoms with van der Waals surface area (Å²) in [5.74, 6) is -0.0579.